The molecule has 1 aromatic heterocycles. The van der Waals surface area contributed by atoms with Crippen LogP contribution in [0.5, 0.6) is 0 Å². The summed E-state index contributed by atoms with van der Waals surface area (Å²) >= 11 is 5.37. The average molecular weight is 408 g/mol. The summed E-state index contributed by atoms with van der Waals surface area (Å²) in [6.07, 6.45) is 3.64. The van der Waals surface area contributed by atoms with Gasteiger partial charge in [0.2, 0.25) is 5.91 Å². The fourth-order valence-corrected chi connectivity index (χ4v) is 3.99. The Bertz CT molecular complexity index is 1060. The van der Waals surface area contributed by atoms with E-state index in [0.717, 1.165) is 35.6 Å². The molecule has 6 nitrogen and oxygen atoms in total. The topological polar surface area (TPSA) is 66.0 Å². The first-order valence-electron chi connectivity index (χ1n) is 9.98. The van der Waals surface area contributed by atoms with Crippen molar-refractivity contribution in [1.29, 1.82) is 0 Å². The van der Waals surface area contributed by atoms with Gasteiger partial charge in [-0.1, -0.05) is 35.9 Å². The van der Waals surface area contributed by atoms with Crippen LogP contribution in [-0.4, -0.2) is 33.8 Å². The zero-order valence-electron chi connectivity index (χ0n) is 16.5. The van der Waals surface area contributed by atoms with Crippen molar-refractivity contribution in [2.75, 3.05) is 23.3 Å². The number of nitrogens with zero attached hydrogens (tertiary/aromatic N) is 3. The number of benzene rings is 2. The summed E-state index contributed by atoms with van der Waals surface area (Å²) in [5.41, 5.74) is 3.98. The van der Waals surface area contributed by atoms with Crippen molar-refractivity contribution in [3.05, 3.63) is 58.9 Å². The highest BCUT2D eigenvalue weighted by Crippen LogP contribution is 2.28. The number of aromatic amines is 1. The molecule has 0 saturated carbocycles. The Morgan fingerprint density at radius 1 is 1.14 bits per heavy atom. The maximum absolute atomic E-state index is 12.9. The first kappa shape index (κ1) is 19.4. The number of para-hydroxylation sites is 2. The van der Waals surface area contributed by atoms with Gasteiger partial charge in [0, 0.05) is 18.7 Å². The van der Waals surface area contributed by atoms with Gasteiger partial charge in [0.25, 0.3) is 0 Å². The molecule has 7 heteroatoms. The average Bonchev–Trinajstić information content (AvgIpc) is 3.09. The van der Waals surface area contributed by atoms with E-state index in [1.807, 2.05) is 49.4 Å². The van der Waals surface area contributed by atoms with E-state index in [2.05, 4.69) is 26.5 Å². The Labute approximate surface area is 175 Å². The minimum atomic E-state index is -0.124. The van der Waals surface area contributed by atoms with Crippen LogP contribution in [0.15, 0.2) is 48.5 Å². The Balaban J connectivity index is 1.55. The van der Waals surface area contributed by atoms with E-state index in [1.54, 1.807) is 4.57 Å². The monoisotopic (exact) mass is 407 g/mol. The van der Waals surface area contributed by atoms with Gasteiger partial charge in [-0.15, -0.1) is 0 Å². The molecule has 1 fully saturated rings. The number of piperidine rings is 1. The lowest BCUT2D eigenvalue weighted by Crippen LogP contribution is -2.30. The van der Waals surface area contributed by atoms with Crippen molar-refractivity contribution < 1.29 is 4.79 Å². The number of aromatic nitrogens is 3. The third kappa shape index (κ3) is 4.40. The quantitative estimate of drug-likeness (QED) is 0.609. The third-order valence-electron chi connectivity index (χ3n) is 5.21. The molecule has 2 heterocycles. The highest BCUT2D eigenvalue weighted by Gasteiger charge is 2.17. The molecule has 0 unspecified atom stereocenters. The molecule has 0 bridgehead atoms. The number of aryl methyl sites for hydroxylation is 1. The van der Waals surface area contributed by atoms with Crippen molar-refractivity contribution >= 4 is 29.5 Å². The SMILES string of the molecule is Cc1cccc(-c2n[nH]c(=S)n2CC(=O)Nc2ccccc2N2CCCCC2)c1. The molecule has 29 heavy (non-hydrogen) atoms. The second-order valence-corrected chi connectivity index (χ2v) is 7.81. The van der Waals surface area contributed by atoms with Crippen LogP contribution in [0, 0.1) is 11.7 Å². The zero-order valence-corrected chi connectivity index (χ0v) is 17.3. The molecule has 3 aromatic rings. The molecule has 0 aliphatic carbocycles. The van der Waals surface area contributed by atoms with Gasteiger partial charge in [-0.25, -0.2) is 0 Å². The standard InChI is InChI=1S/C22H25N5OS/c1-16-8-7-9-17(14-16)21-24-25-22(29)27(21)15-20(28)23-18-10-3-4-11-19(18)26-12-5-2-6-13-26/h3-4,7-11,14H,2,5-6,12-13,15H2,1H3,(H,23,28)(H,25,29). The van der Waals surface area contributed by atoms with Crippen LogP contribution in [0.1, 0.15) is 24.8 Å². The molecule has 2 N–H and O–H groups in total. The van der Waals surface area contributed by atoms with Crippen LogP contribution in [0.4, 0.5) is 11.4 Å². The lowest BCUT2D eigenvalue weighted by atomic mass is 10.1. The van der Waals surface area contributed by atoms with Gasteiger partial charge in [-0.05, 0) is 56.6 Å². The zero-order chi connectivity index (χ0) is 20.2. The van der Waals surface area contributed by atoms with Crippen LogP contribution in [0.3, 0.4) is 0 Å². The maximum atomic E-state index is 12.9. The van der Waals surface area contributed by atoms with E-state index in [4.69, 9.17) is 12.2 Å². The van der Waals surface area contributed by atoms with Gasteiger partial charge < -0.3 is 10.2 Å². The van der Waals surface area contributed by atoms with Gasteiger partial charge in [-0.2, -0.15) is 5.10 Å². The largest absolute Gasteiger partial charge is 0.370 e. The number of amides is 1. The maximum Gasteiger partial charge on any atom is 0.244 e. The van der Waals surface area contributed by atoms with Gasteiger partial charge in [0.1, 0.15) is 6.54 Å². The fraction of sp³-hybridized carbons (Fsp3) is 0.318. The smallest absolute Gasteiger partial charge is 0.244 e. The Morgan fingerprint density at radius 3 is 2.72 bits per heavy atom. The molecule has 1 aliphatic rings. The highest BCUT2D eigenvalue weighted by molar-refractivity contribution is 7.71. The van der Waals surface area contributed by atoms with Crippen molar-refractivity contribution in [2.24, 2.45) is 0 Å². The molecule has 0 spiro atoms. The van der Waals surface area contributed by atoms with E-state index in [0.29, 0.717) is 10.6 Å². The van der Waals surface area contributed by atoms with Crippen LogP contribution >= 0.6 is 12.2 Å². The third-order valence-corrected chi connectivity index (χ3v) is 5.52. The van der Waals surface area contributed by atoms with Crippen molar-refractivity contribution in [2.45, 2.75) is 32.7 Å². The summed E-state index contributed by atoms with van der Waals surface area (Å²) in [7, 11) is 0. The molecule has 1 amide bonds. The van der Waals surface area contributed by atoms with Crippen molar-refractivity contribution in [3.8, 4) is 11.4 Å². The van der Waals surface area contributed by atoms with Gasteiger partial charge in [0.15, 0.2) is 10.6 Å². The number of nitrogens with one attached hydrogen (secondary N) is 2. The molecule has 0 atom stereocenters. The minimum Gasteiger partial charge on any atom is -0.370 e. The molecular formula is C22H25N5OS. The number of anilines is 2. The second kappa shape index (κ2) is 8.61. The van der Waals surface area contributed by atoms with Gasteiger partial charge >= 0.3 is 0 Å². The molecule has 1 aliphatic heterocycles. The predicted molar refractivity (Wildman–Crippen MR) is 119 cm³/mol. The summed E-state index contributed by atoms with van der Waals surface area (Å²) in [6, 6.07) is 16.0. The first-order chi connectivity index (χ1) is 14.1. The van der Waals surface area contributed by atoms with E-state index in [1.165, 1.54) is 19.3 Å². The Kier molecular flexibility index (Phi) is 5.76. The van der Waals surface area contributed by atoms with Crippen LogP contribution in [0.2, 0.25) is 0 Å². The van der Waals surface area contributed by atoms with E-state index in [-0.39, 0.29) is 12.5 Å². The molecule has 2 aromatic carbocycles. The lowest BCUT2D eigenvalue weighted by Gasteiger charge is -2.30. The highest BCUT2D eigenvalue weighted by atomic mass is 32.1. The molecular weight excluding hydrogens is 382 g/mol. The summed E-state index contributed by atoms with van der Waals surface area (Å²) in [6.45, 7) is 4.18. The summed E-state index contributed by atoms with van der Waals surface area (Å²) in [4.78, 5) is 15.2. The number of hydrogen-bond acceptors (Lipinski definition) is 4. The van der Waals surface area contributed by atoms with E-state index >= 15 is 0 Å². The van der Waals surface area contributed by atoms with Crippen LogP contribution < -0.4 is 10.2 Å². The van der Waals surface area contributed by atoms with E-state index < -0.39 is 0 Å². The number of carbonyl (C=O) groups is 1. The van der Waals surface area contributed by atoms with Crippen LogP contribution in [0.25, 0.3) is 11.4 Å². The molecule has 0 radical (unpaired) electrons. The van der Waals surface area contributed by atoms with Gasteiger partial charge in [0.05, 0.1) is 11.4 Å². The molecule has 4 rings (SSSR count). The van der Waals surface area contributed by atoms with Crippen molar-refractivity contribution in [1.82, 2.24) is 14.8 Å². The lowest BCUT2D eigenvalue weighted by molar-refractivity contribution is -0.116. The summed E-state index contributed by atoms with van der Waals surface area (Å²) in [5, 5.41) is 10.2. The van der Waals surface area contributed by atoms with Crippen molar-refractivity contribution in [3.63, 3.8) is 0 Å². The second-order valence-electron chi connectivity index (χ2n) is 7.42. The van der Waals surface area contributed by atoms with Crippen LogP contribution in [-0.2, 0) is 11.3 Å². The van der Waals surface area contributed by atoms with E-state index in [9.17, 15) is 4.79 Å². The first-order valence-corrected chi connectivity index (χ1v) is 10.4. The predicted octanol–water partition coefficient (Wildman–Crippen LogP) is 4.55. The number of hydrogen-bond donors (Lipinski definition) is 2. The Morgan fingerprint density at radius 2 is 1.93 bits per heavy atom. The van der Waals surface area contributed by atoms with Gasteiger partial charge in [-0.3, -0.25) is 14.5 Å². The molecule has 1 saturated heterocycles. The fourth-order valence-electron chi connectivity index (χ4n) is 3.79. The normalized spacial score (nSPS) is 14.0. The number of H-pyrrole nitrogens is 1. The molecule has 150 valence electrons. The number of rotatable bonds is 5. The summed E-state index contributed by atoms with van der Waals surface area (Å²) < 4.78 is 2.17. The summed E-state index contributed by atoms with van der Waals surface area (Å²) in [5.74, 6) is 0.541. The Hall–Kier alpha value is -2.93. The minimum absolute atomic E-state index is 0.104. The number of carbonyl (C=O) groups excluding carboxylic acids is 1.